The van der Waals surface area contributed by atoms with Gasteiger partial charge in [0.1, 0.15) is 17.0 Å². The van der Waals surface area contributed by atoms with E-state index in [1.807, 2.05) is 24.4 Å². The molecule has 0 fully saturated rings. The lowest BCUT2D eigenvalue weighted by Gasteiger charge is -2.35. The number of fused-ring (bicyclic) bond motifs is 16. The fraction of sp³-hybridized carbons (Fsp3) is 0.0182. The average Bonchev–Trinajstić information content (AvgIpc) is 3.91. The summed E-state index contributed by atoms with van der Waals surface area (Å²) in [6, 6.07) is 65.5. The molecule has 1 unspecified atom stereocenters. The minimum atomic E-state index is -0.601. The van der Waals surface area contributed by atoms with Gasteiger partial charge in [-0.3, -0.25) is 4.57 Å². The molecular weight excluding hydrogens is 719 g/mol. The van der Waals surface area contributed by atoms with Gasteiger partial charge in [0, 0.05) is 33.5 Å². The van der Waals surface area contributed by atoms with Crippen LogP contribution in [0.4, 0.5) is 0 Å². The van der Waals surface area contributed by atoms with Crippen molar-refractivity contribution in [2.45, 2.75) is 5.41 Å². The lowest BCUT2D eigenvalue weighted by atomic mass is 9.65. The van der Waals surface area contributed by atoms with Gasteiger partial charge in [-0.2, -0.15) is 0 Å². The van der Waals surface area contributed by atoms with Gasteiger partial charge in [0.15, 0.2) is 0 Å². The van der Waals surface area contributed by atoms with Crippen LogP contribution in [-0.4, -0.2) is 14.5 Å². The van der Waals surface area contributed by atoms with Crippen LogP contribution in [0.3, 0.4) is 0 Å². The van der Waals surface area contributed by atoms with E-state index in [4.69, 9.17) is 14.4 Å². The predicted molar refractivity (Wildman–Crippen MR) is 241 cm³/mol. The molecule has 2 aliphatic carbocycles. The molecule has 0 saturated carbocycles. The third-order valence-corrected chi connectivity index (χ3v) is 12.7. The minimum Gasteiger partial charge on any atom is -0.455 e. The number of nitrogens with zero attached hydrogens (tertiary/aromatic N) is 3. The van der Waals surface area contributed by atoms with Crippen LogP contribution in [0.1, 0.15) is 33.4 Å². The second kappa shape index (κ2) is 12.1. The van der Waals surface area contributed by atoms with Crippen molar-refractivity contribution >= 4 is 56.0 Å². The molecule has 0 saturated heterocycles. The van der Waals surface area contributed by atoms with E-state index in [0.29, 0.717) is 0 Å². The number of aromatic nitrogens is 3. The lowest BCUT2D eigenvalue weighted by Crippen LogP contribution is -2.30. The highest BCUT2D eigenvalue weighted by atomic mass is 16.3. The summed E-state index contributed by atoms with van der Waals surface area (Å²) < 4.78 is 9.04. The van der Waals surface area contributed by atoms with Crippen LogP contribution >= 0.6 is 0 Å². The lowest BCUT2D eigenvalue weighted by molar-refractivity contribution is 0.669. The van der Waals surface area contributed by atoms with Crippen molar-refractivity contribution < 1.29 is 4.42 Å². The molecule has 4 nitrogen and oxygen atoms in total. The van der Waals surface area contributed by atoms with Gasteiger partial charge in [-0.25, -0.2) is 9.97 Å². The largest absolute Gasteiger partial charge is 0.455 e. The first-order valence-corrected chi connectivity index (χ1v) is 20.1. The molecule has 2 aliphatic rings. The molecule has 13 rings (SSSR count). The number of benzene rings is 7. The molecule has 0 N–H and O–H groups in total. The second-order valence-corrected chi connectivity index (χ2v) is 15.7. The van der Waals surface area contributed by atoms with Crippen molar-refractivity contribution in [1.82, 2.24) is 14.5 Å². The molecule has 7 aromatic carbocycles. The number of para-hydroxylation sites is 1. The van der Waals surface area contributed by atoms with E-state index in [9.17, 15) is 0 Å². The molecule has 11 aromatic rings. The van der Waals surface area contributed by atoms with E-state index in [1.165, 1.54) is 44.5 Å². The Kier molecular flexibility index (Phi) is 6.62. The van der Waals surface area contributed by atoms with Crippen LogP contribution in [0.25, 0.3) is 95.4 Å². The Balaban J connectivity index is 1.08. The Bertz CT molecular complexity index is 3560. The normalized spacial score (nSPS) is 15.1. The van der Waals surface area contributed by atoms with Crippen molar-refractivity contribution in [2.24, 2.45) is 0 Å². The Morgan fingerprint density at radius 3 is 2.12 bits per heavy atom. The van der Waals surface area contributed by atoms with Gasteiger partial charge in [-0.05, 0) is 98.6 Å². The zero-order valence-corrected chi connectivity index (χ0v) is 31.8. The summed E-state index contributed by atoms with van der Waals surface area (Å²) in [6.07, 6.45) is 6.44. The van der Waals surface area contributed by atoms with Crippen LogP contribution in [0.15, 0.2) is 193 Å². The van der Waals surface area contributed by atoms with Crippen molar-refractivity contribution in [3.05, 3.63) is 222 Å². The molecule has 0 aliphatic heterocycles. The van der Waals surface area contributed by atoms with Gasteiger partial charge >= 0.3 is 0 Å². The smallest absolute Gasteiger partial charge is 0.143 e. The predicted octanol–water partition coefficient (Wildman–Crippen LogP) is 13.7. The Morgan fingerprint density at radius 1 is 0.475 bits per heavy atom. The van der Waals surface area contributed by atoms with E-state index < -0.39 is 5.41 Å². The topological polar surface area (TPSA) is 43.9 Å². The van der Waals surface area contributed by atoms with Gasteiger partial charge in [0.2, 0.25) is 0 Å². The number of hydrogen-bond donors (Lipinski definition) is 0. The summed E-state index contributed by atoms with van der Waals surface area (Å²) in [5, 5.41) is 3.36. The fourth-order valence-corrected chi connectivity index (χ4v) is 10.2. The third kappa shape index (κ3) is 4.43. The molecule has 4 heteroatoms. The Hall–Kier alpha value is -7.82. The van der Waals surface area contributed by atoms with E-state index in [2.05, 4.69) is 181 Å². The summed E-state index contributed by atoms with van der Waals surface area (Å²) in [4.78, 5) is 10.1. The SMILES string of the molecule is C1=Cc2ccc(-c3ccc4c(c3)c3nc(-c5ccccc5)ccc3n4-c3ccccn3)cc2C2(c3ccccc31)c1ccccc1-c1c2ccc2c1oc1ccccc12. The second-order valence-electron chi connectivity index (χ2n) is 15.7. The maximum Gasteiger partial charge on any atom is 0.143 e. The highest BCUT2D eigenvalue weighted by Crippen LogP contribution is 2.60. The standard InChI is InChI=1S/C55H33N3O/c1-2-13-36(14-3-1)47-28-30-49-53(57-47)42-32-37(25-29-48(42)58(49)51-20-10-11-31-56-51)38-24-23-35-22-21-34-12-4-7-17-43(34)55(46(35)33-38)44-18-8-5-16-41(44)52-45(55)27-26-40-39-15-6-9-19-50(39)59-54(40)52/h1-33H. The fourth-order valence-electron chi connectivity index (χ4n) is 10.2. The van der Waals surface area contributed by atoms with Gasteiger partial charge in [-0.15, -0.1) is 0 Å². The molecule has 59 heavy (non-hydrogen) atoms. The summed E-state index contributed by atoms with van der Waals surface area (Å²) >= 11 is 0. The van der Waals surface area contributed by atoms with Gasteiger partial charge in [-0.1, -0.05) is 146 Å². The van der Waals surface area contributed by atoms with Crippen molar-refractivity contribution in [1.29, 1.82) is 0 Å². The third-order valence-electron chi connectivity index (χ3n) is 12.7. The summed E-state index contributed by atoms with van der Waals surface area (Å²) in [7, 11) is 0. The molecular formula is C55H33N3O. The van der Waals surface area contributed by atoms with Crippen molar-refractivity contribution in [3.63, 3.8) is 0 Å². The van der Waals surface area contributed by atoms with Crippen LogP contribution in [0.2, 0.25) is 0 Å². The average molecular weight is 752 g/mol. The molecule has 4 aromatic heterocycles. The zero-order valence-electron chi connectivity index (χ0n) is 31.8. The summed E-state index contributed by atoms with van der Waals surface area (Å²) in [5.41, 5.74) is 18.4. The van der Waals surface area contributed by atoms with E-state index >= 15 is 0 Å². The molecule has 1 spiro atoms. The monoisotopic (exact) mass is 751 g/mol. The molecule has 0 bridgehead atoms. The first-order chi connectivity index (χ1) is 29.3. The molecule has 1 atom stereocenters. The van der Waals surface area contributed by atoms with Gasteiger partial charge < -0.3 is 4.42 Å². The summed E-state index contributed by atoms with van der Waals surface area (Å²) in [5.74, 6) is 0.865. The molecule has 0 amide bonds. The first-order valence-electron chi connectivity index (χ1n) is 20.1. The van der Waals surface area contributed by atoms with Crippen molar-refractivity contribution in [3.8, 4) is 39.3 Å². The van der Waals surface area contributed by atoms with Gasteiger partial charge in [0.25, 0.3) is 0 Å². The Labute approximate surface area is 340 Å². The van der Waals surface area contributed by atoms with E-state index in [-0.39, 0.29) is 0 Å². The van der Waals surface area contributed by atoms with E-state index in [1.54, 1.807) is 0 Å². The zero-order chi connectivity index (χ0) is 38.7. The Morgan fingerprint density at radius 2 is 1.22 bits per heavy atom. The minimum absolute atomic E-state index is 0.601. The first kappa shape index (κ1) is 32.3. The summed E-state index contributed by atoms with van der Waals surface area (Å²) in [6.45, 7) is 0. The van der Waals surface area contributed by atoms with E-state index in [0.717, 1.165) is 72.1 Å². The number of hydrogen-bond acceptors (Lipinski definition) is 3. The number of rotatable bonds is 3. The maximum absolute atomic E-state index is 6.80. The highest BCUT2D eigenvalue weighted by molar-refractivity contribution is 6.13. The molecule has 0 radical (unpaired) electrons. The van der Waals surface area contributed by atoms with Crippen molar-refractivity contribution in [2.75, 3.05) is 0 Å². The van der Waals surface area contributed by atoms with Gasteiger partial charge in [0.05, 0.1) is 27.7 Å². The number of pyridine rings is 2. The van der Waals surface area contributed by atoms with Crippen LogP contribution < -0.4 is 0 Å². The van der Waals surface area contributed by atoms with Crippen LogP contribution in [-0.2, 0) is 5.41 Å². The van der Waals surface area contributed by atoms with Crippen LogP contribution in [0.5, 0.6) is 0 Å². The quantitative estimate of drug-likeness (QED) is 0.181. The highest BCUT2D eigenvalue weighted by Gasteiger charge is 2.49. The molecule has 4 heterocycles. The number of furan rings is 1. The maximum atomic E-state index is 6.80. The molecule has 274 valence electrons. The van der Waals surface area contributed by atoms with Crippen LogP contribution in [0, 0.1) is 0 Å².